The number of hydrogen-bond acceptors (Lipinski definition) is 4. The predicted octanol–water partition coefficient (Wildman–Crippen LogP) is 2.45. The standard InChI is InChI=1S/C13H21N3S/c1-2-5-14-13-12(4-3-6-15-13)11-16-7-9-17-10-8-16/h3-4,6H,2,5,7-11H2,1H3,(H,14,15). The summed E-state index contributed by atoms with van der Waals surface area (Å²) in [7, 11) is 0. The van der Waals surface area contributed by atoms with Crippen molar-refractivity contribution in [2.75, 3.05) is 36.5 Å². The lowest BCUT2D eigenvalue weighted by Crippen LogP contribution is -2.32. The van der Waals surface area contributed by atoms with Crippen LogP contribution in [-0.2, 0) is 6.54 Å². The maximum absolute atomic E-state index is 4.44. The monoisotopic (exact) mass is 251 g/mol. The second-order valence-corrected chi connectivity index (χ2v) is 5.55. The van der Waals surface area contributed by atoms with Crippen LogP contribution in [0.4, 0.5) is 5.82 Å². The summed E-state index contributed by atoms with van der Waals surface area (Å²) in [6.07, 6.45) is 3.00. The third kappa shape index (κ3) is 3.89. The number of anilines is 1. The van der Waals surface area contributed by atoms with Gasteiger partial charge in [-0.25, -0.2) is 4.98 Å². The lowest BCUT2D eigenvalue weighted by molar-refractivity contribution is 0.295. The van der Waals surface area contributed by atoms with Crippen LogP contribution in [0.5, 0.6) is 0 Å². The number of rotatable bonds is 5. The summed E-state index contributed by atoms with van der Waals surface area (Å²) in [6, 6.07) is 4.22. The van der Waals surface area contributed by atoms with Crippen LogP contribution in [0.2, 0.25) is 0 Å². The molecule has 1 aliphatic heterocycles. The van der Waals surface area contributed by atoms with Gasteiger partial charge < -0.3 is 5.32 Å². The number of nitrogens with one attached hydrogen (secondary N) is 1. The summed E-state index contributed by atoms with van der Waals surface area (Å²) >= 11 is 2.05. The molecule has 0 unspecified atom stereocenters. The predicted molar refractivity (Wildman–Crippen MR) is 75.6 cm³/mol. The van der Waals surface area contributed by atoms with Gasteiger partial charge >= 0.3 is 0 Å². The second-order valence-electron chi connectivity index (χ2n) is 4.33. The normalized spacial score (nSPS) is 17.0. The molecule has 3 nitrogen and oxygen atoms in total. The number of thioether (sulfide) groups is 1. The number of nitrogens with zero attached hydrogens (tertiary/aromatic N) is 2. The van der Waals surface area contributed by atoms with Crippen LogP contribution in [0.3, 0.4) is 0 Å². The van der Waals surface area contributed by atoms with Gasteiger partial charge in [0, 0.05) is 49.4 Å². The fraction of sp³-hybridized carbons (Fsp3) is 0.615. The molecule has 1 fully saturated rings. The van der Waals surface area contributed by atoms with Crippen LogP contribution in [0.1, 0.15) is 18.9 Å². The van der Waals surface area contributed by atoms with Crippen molar-refractivity contribution < 1.29 is 0 Å². The molecule has 4 heteroatoms. The first-order valence-electron chi connectivity index (χ1n) is 6.38. The molecule has 0 aliphatic carbocycles. The van der Waals surface area contributed by atoms with E-state index in [9.17, 15) is 0 Å². The van der Waals surface area contributed by atoms with Gasteiger partial charge in [-0.2, -0.15) is 11.8 Å². The summed E-state index contributed by atoms with van der Waals surface area (Å²) in [5.41, 5.74) is 1.33. The molecular weight excluding hydrogens is 230 g/mol. The first kappa shape index (κ1) is 12.7. The highest BCUT2D eigenvalue weighted by molar-refractivity contribution is 7.99. The molecular formula is C13H21N3S. The van der Waals surface area contributed by atoms with Crippen molar-refractivity contribution in [1.82, 2.24) is 9.88 Å². The van der Waals surface area contributed by atoms with Gasteiger partial charge in [0.25, 0.3) is 0 Å². The molecule has 1 aliphatic rings. The molecule has 0 aromatic carbocycles. The van der Waals surface area contributed by atoms with Crippen LogP contribution in [0, 0.1) is 0 Å². The van der Waals surface area contributed by atoms with Gasteiger partial charge in [-0.15, -0.1) is 0 Å². The van der Waals surface area contributed by atoms with Crippen molar-refractivity contribution >= 4 is 17.6 Å². The van der Waals surface area contributed by atoms with Crippen LogP contribution in [0.25, 0.3) is 0 Å². The van der Waals surface area contributed by atoms with E-state index in [2.05, 4.69) is 40.0 Å². The second kappa shape index (κ2) is 6.87. The molecule has 0 amide bonds. The van der Waals surface area contributed by atoms with Crippen molar-refractivity contribution in [3.63, 3.8) is 0 Å². The summed E-state index contributed by atoms with van der Waals surface area (Å²) in [4.78, 5) is 6.96. The Labute approximate surface area is 108 Å². The Bertz CT molecular complexity index is 337. The molecule has 1 aromatic rings. The van der Waals surface area contributed by atoms with Gasteiger partial charge in [-0.3, -0.25) is 4.90 Å². The molecule has 0 spiro atoms. The fourth-order valence-electron chi connectivity index (χ4n) is 1.97. The summed E-state index contributed by atoms with van der Waals surface area (Å²) in [5, 5.41) is 3.41. The SMILES string of the molecule is CCCNc1ncccc1CN1CCSCC1. The molecule has 1 N–H and O–H groups in total. The summed E-state index contributed by atoms with van der Waals surface area (Å²) < 4.78 is 0. The molecule has 2 heterocycles. The Kier molecular flexibility index (Phi) is 5.13. The minimum absolute atomic E-state index is 1.000. The molecule has 0 saturated carbocycles. The smallest absolute Gasteiger partial charge is 0.130 e. The average molecular weight is 251 g/mol. The maximum atomic E-state index is 4.44. The van der Waals surface area contributed by atoms with E-state index in [1.807, 2.05) is 12.3 Å². The Morgan fingerprint density at radius 1 is 1.41 bits per heavy atom. The zero-order chi connectivity index (χ0) is 11.9. The van der Waals surface area contributed by atoms with Crippen molar-refractivity contribution in [1.29, 1.82) is 0 Å². The van der Waals surface area contributed by atoms with Crippen LogP contribution >= 0.6 is 11.8 Å². The first-order chi connectivity index (χ1) is 8.40. The van der Waals surface area contributed by atoms with E-state index in [4.69, 9.17) is 0 Å². The molecule has 1 aromatic heterocycles. The zero-order valence-electron chi connectivity index (χ0n) is 10.5. The van der Waals surface area contributed by atoms with Crippen molar-refractivity contribution in [2.24, 2.45) is 0 Å². The van der Waals surface area contributed by atoms with Crippen LogP contribution in [-0.4, -0.2) is 41.0 Å². The third-order valence-electron chi connectivity index (χ3n) is 2.93. The van der Waals surface area contributed by atoms with Gasteiger partial charge in [0.05, 0.1) is 0 Å². The maximum Gasteiger partial charge on any atom is 0.130 e. The van der Waals surface area contributed by atoms with Gasteiger partial charge in [-0.1, -0.05) is 13.0 Å². The Balaban J connectivity index is 1.98. The highest BCUT2D eigenvalue weighted by atomic mass is 32.2. The molecule has 17 heavy (non-hydrogen) atoms. The Morgan fingerprint density at radius 2 is 2.24 bits per heavy atom. The minimum Gasteiger partial charge on any atom is -0.370 e. The molecule has 0 atom stereocenters. The van der Waals surface area contributed by atoms with Gasteiger partial charge in [0.15, 0.2) is 0 Å². The molecule has 2 rings (SSSR count). The lowest BCUT2D eigenvalue weighted by Gasteiger charge is -2.26. The highest BCUT2D eigenvalue weighted by Gasteiger charge is 2.12. The van der Waals surface area contributed by atoms with E-state index in [1.54, 1.807) is 0 Å². The molecule has 0 radical (unpaired) electrons. The van der Waals surface area contributed by atoms with E-state index in [0.29, 0.717) is 0 Å². The molecule has 0 bridgehead atoms. The van der Waals surface area contributed by atoms with Crippen LogP contribution < -0.4 is 5.32 Å². The van der Waals surface area contributed by atoms with E-state index in [-0.39, 0.29) is 0 Å². The van der Waals surface area contributed by atoms with E-state index >= 15 is 0 Å². The van der Waals surface area contributed by atoms with Gasteiger partial charge in [-0.05, 0) is 12.5 Å². The van der Waals surface area contributed by atoms with E-state index in [0.717, 1.165) is 25.3 Å². The van der Waals surface area contributed by atoms with E-state index in [1.165, 1.54) is 30.2 Å². The topological polar surface area (TPSA) is 28.2 Å². The molecule has 94 valence electrons. The largest absolute Gasteiger partial charge is 0.370 e. The van der Waals surface area contributed by atoms with Crippen molar-refractivity contribution in [3.05, 3.63) is 23.9 Å². The van der Waals surface area contributed by atoms with Gasteiger partial charge in [0.1, 0.15) is 5.82 Å². The number of aromatic nitrogens is 1. The summed E-state index contributed by atoms with van der Waals surface area (Å²) in [6.45, 7) is 6.61. The fourth-order valence-corrected chi connectivity index (χ4v) is 2.95. The van der Waals surface area contributed by atoms with Gasteiger partial charge in [0.2, 0.25) is 0 Å². The average Bonchev–Trinajstić information content (AvgIpc) is 2.39. The lowest BCUT2D eigenvalue weighted by atomic mass is 10.2. The van der Waals surface area contributed by atoms with E-state index < -0.39 is 0 Å². The highest BCUT2D eigenvalue weighted by Crippen LogP contribution is 2.17. The van der Waals surface area contributed by atoms with Crippen LogP contribution in [0.15, 0.2) is 18.3 Å². The first-order valence-corrected chi connectivity index (χ1v) is 7.53. The summed E-state index contributed by atoms with van der Waals surface area (Å²) in [5.74, 6) is 3.59. The Morgan fingerprint density at radius 3 is 3.00 bits per heavy atom. The number of hydrogen-bond donors (Lipinski definition) is 1. The molecule has 1 saturated heterocycles. The zero-order valence-corrected chi connectivity index (χ0v) is 11.3. The van der Waals surface area contributed by atoms with Crippen molar-refractivity contribution in [3.8, 4) is 0 Å². The number of pyridine rings is 1. The Hall–Kier alpha value is -0.740. The minimum atomic E-state index is 1.000. The quantitative estimate of drug-likeness (QED) is 0.870. The van der Waals surface area contributed by atoms with Crippen molar-refractivity contribution in [2.45, 2.75) is 19.9 Å². The third-order valence-corrected chi connectivity index (χ3v) is 3.87.